The van der Waals surface area contributed by atoms with Gasteiger partial charge in [0, 0.05) is 30.6 Å². The SMILES string of the molecule is CCNC(=NCc1cccnc1OC)NCc1ccc(F)cc1CSC.I. The number of aromatic nitrogens is 1. The van der Waals surface area contributed by atoms with Crippen LogP contribution in [0.4, 0.5) is 4.39 Å². The van der Waals surface area contributed by atoms with Gasteiger partial charge in [0.1, 0.15) is 5.82 Å². The molecule has 0 unspecified atom stereocenters. The highest BCUT2D eigenvalue weighted by atomic mass is 127. The number of guanidine groups is 1. The molecule has 0 saturated carbocycles. The fraction of sp³-hybridized carbons (Fsp3) is 0.368. The molecule has 1 aromatic heterocycles. The van der Waals surface area contributed by atoms with Gasteiger partial charge in [0.2, 0.25) is 5.88 Å². The lowest BCUT2D eigenvalue weighted by Gasteiger charge is -2.14. The van der Waals surface area contributed by atoms with Crippen molar-refractivity contribution < 1.29 is 9.13 Å². The Morgan fingerprint density at radius 2 is 2.04 bits per heavy atom. The maximum Gasteiger partial charge on any atom is 0.218 e. The molecule has 0 saturated heterocycles. The van der Waals surface area contributed by atoms with Gasteiger partial charge in [-0.3, -0.25) is 0 Å². The molecule has 1 aromatic carbocycles. The quantitative estimate of drug-likeness (QED) is 0.324. The van der Waals surface area contributed by atoms with Gasteiger partial charge in [0.05, 0.1) is 13.7 Å². The summed E-state index contributed by atoms with van der Waals surface area (Å²) >= 11 is 1.67. The number of nitrogens with one attached hydrogen (secondary N) is 2. The molecule has 148 valence electrons. The molecule has 0 aliphatic heterocycles. The van der Waals surface area contributed by atoms with E-state index in [2.05, 4.69) is 20.6 Å². The zero-order valence-corrected chi connectivity index (χ0v) is 18.9. The summed E-state index contributed by atoms with van der Waals surface area (Å²) in [6, 6.07) is 8.71. The summed E-state index contributed by atoms with van der Waals surface area (Å²) in [4.78, 5) is 8.78. The molecule has 0 fully saturated rings. The normalized spacial score (nSPS) is 10.9. The smallest absolute Gasteiger partial charge is 0.218 e. The minimum absolute atomic E-state index is 0. The van der Waals surface area contributed by atoms with E-state index in [1.807, 2.05) is 31.4 Å². The van der Waals surface area contributed by atoms with Crippen LogP contribution in [-0.4, -0.2) is 30.9 Å². The summed E-state index contributed by atoms with van der Waals surface area (Å²) in [6.07, 6.45) is 3.70. The standard InChI is InChI=1S/C19H25FN4OS.HI/c1-4-21-19(24-12-15-6-5-9-22-18(15)25-2)23-11-14-7-8-17(20)10-16(14)13-26-3;/h5-10H,4,11-13H2,1-3H3,(H2,21,23,24);1H. The molecule has 0 aliphatic carbocycles. The molecule has 0 spiro atoms. The molecule has 0 amide bonds. The summed E-state index contributed by atoms with van der Waals surface area (Å²) < 4.78 is 18.7. The van der Waals surface area contributed by atoms with Crippen LogP contribution >= 0.6 is 35.7 Å². The summed E-state index contributed by atoms with van der Waals surface area (Å²) in [5.41, 5.74) is 2.97. The number of nitrogens with zero attached hydrogens (tertiary/aromatic N) is 2. The van der Waals surface area contributed by atoms with E-state index in [9.17, 15) is 4.39 Å². The molecule has 0 bridgehead atoms. The predicted molar refractivity (Wildman–Crippen MR) is 121 cm³/mol. The molecule has 8 heteroatoms. The van der Waals surface area contributed by atoms with Crippen LogP contribution in [0.1, 0.15) is 23.6 Å². The van der Waals surface area contributed by atoms with Crippen molar-refractivity contribution in [2.75, 3.05) is 19.9 Å². The Bertz CT molecular complexity index is 745. The van der Waals surface area contributed by atoms with Crippen LogP contribution in [-0.2, 0) is 18.8 Å². The molecule has 27 heavy (non-hydrogen) atoms. The van der Waals surface area contributed by atoms with E-state index in [1.165, 1.54) is 6.07 Å². The first-order chi connectivity index (χ1) is 12.7. The minimum atomic E-state index is -0.206. The fourth-order valence-corrected chi connectivity index (χ4v) is 3.05. The number of hydrogen-bond donors (Lipinski definition) is 2. The number of hydrogen-bond acceptors (Lipinski definition) is 4. The van der Waals surface area contributed by atoms with Gasteiger partial charge >= 0.3 is 0 Å². The van der Waals surface area contributed by atoms with Gasteiger partial charge in [0.15, 0.2) is 5.96 Å². The highest BCUT2D eigenvalue weighted by Gasteiger charge is 2.07. The van der Waals surface area contributed by atoms with Crippen molar-refractivity contribution in [2.24, 2.45) is 4.99 Å². The fourth-order valence-electron chi connectivity index (χ4n) is 2.47. The van der Waals surface area contributed by atoms with Crippen molar-refractivity contribution in [1.82, 2.24) is 15.6 Å². The number of halogens is 2. The third kappa shape index (κ3) is 7.53. The van der Waals surface area contributed by atoms with Crippen LogP contribution in [0.2, 0.25) is 0 Å². The van der Waals surface area contributed by atoms with Crippen LogP contribution in [0.25, 0.3) is 0 Å². The van der Waals surface area contributed by atoms with Gasteiger partial charge in [-0.25, -0.2) is 14.4 Å². The molecule has 5 nitrogen and oxygen atoms in total. The third-order valence-electron chi connectivity index (χ3n) is 3.71. The molecule has 2 aromatic rings. The monoisotopic (exact) mass is 504 g/mol. The second kappa shape index (κ2) is 12.8. The molecular formula is C19H26FIN4OS. The highest BCUT2D eigenvalue weighted by molar-refractivity contribution is 14.0. The Kier molecular flexibility index (Phi) is 11.1. The predicted octanol–water partition coefficient (Wildman–Crippen LogP) is 3.97. The summed E-state index contributed by atoms with van der Waals surface area (Å²) in [5.74, 6) is 1.84. The van der Waals surface area contributed by atoms with Crippen LogP contribution < -0.4 is 15.4 Å². The zero-order chi connectivity index (χ0) is 18.8. The van der Waals surface area contributed by atoms with Crippen molar-refractivity contribution in [3.63, 3.8) is 0 Å². The van der Waals surface area contributed by atoms with Gasteiger partial charge in [0.25, 0.3) is 0 Å². The molecule has 0 radical (unpaired) electrons. The molecule has 0 aliphatic rings. The topological polar surface area (TPSA) is 58.5 Å². The molecule has 2 rings (SSSR count). The number of benzene rings is 1. The highest BCUT2D eigenvalue weighted by Crippen LogP contribution is 2.17. The summed E-state index contributed by atoms with van der Waals surface area (Å²) in [5, 5.41) is 6.53. The lowest BCUT2D eigenvalue weighted by atomic mass is 10.1. The first-order valence-electron chi connectivity index (χ1n) is 8.44. The first kappa shape index (κ1) is 23.5. The second-order valence-corrected chi connectivity index (χ2v) is 6.43. The maximum absolute atomic E-state index is 13.5. The van der Waals surface area contributed by atoms with E-state index in [4.69, 9.17) is 4.74 Å². The van der Waals surface area contributed by atoms with Crippen molar-refractivity contribution >= 4 is 41.7 Å². The van der Waals surface area contributed by atoms with Crippen LogP contribution in [0.5, 0.6) is 5.88 Å². The maximum atomic E-state index is 13.5. The molecular weight excluding hydrogens is 478 g/mol. The van der Waals surface area contributed by atoms with E-state index in [-0.39, 0.29) is 29.8 Å². The zero-order valence-electron chi connectivity index (χ0n) is 15.8. The van der Waals surface area contributed by atoms with Crippen molar-refractivity contribution in [3.05, 3.63) is 59.0 Å². The Hall–Kier alpha value is -1.55. The Labute approximate surface area is 181 Å². The number of rotatable bonds is 8. The number of methoxy groups -OCH3 is 1. The number of pyridine rings is 1. The van der Waals surface area contributed by atoms with E-state index in [0.29, 0.717) is 24.9 Å². The molecule has 1 heterocycles. The number of ether oxygens (including phenoxy) is 1. The second-order valence-electron chi connectivity index (χ2n) is 5.57. The Balaban J connectivity index is 0.00000364. The van der Waals surface area contributed by atoms with Gasteiger partial charge in [-0.1, -0.05) is 12.1 Å². The van der Waals surface area contributed by atoms with Gasteiger partial charge < -0.3 is 15.4 Å². The van der Waals surface area contributed by atoms with Crippen LogP contribution in [0.15, 0.2) is 41.5 Å². The van der Waals surface area contributed by atoms with Crippen molar-refractivity contribution in [3.8, 4) is 5.88 Å². The first-order valence-corrected chi connectivity index (χ1v) is 9.83. The van der Waals surface area contributed by atoms with Crippen LogP contribution in [0.3, 0.4) is 0 Å². The van der Waals surface area contributed by atoms with Gasteiger partial charge in [-0.15, -0.1) is 24.0 Å². The van der Waals surface area contributed by atoms with Crippen molar-refractivity contribution in [2.45, 2.75) is 25.8 Å². The van der Waals surface area contributed by atoms with Crippen molar-refractivity contribution in [1.29, 1.82) is 0 Å². The van der Waals surface area contributed by atoms with Gasteiger partial charge in [-0.2, -0.15) is 11.8 Å². The largest absolute Gasteiger partial charge is 0.481 e. The summed E-state index contributed by atoms with van der Waals surface area (Å²) in [7, 11) is 1.60. The summed E-state index contributed by atoms with van der Waals surface area (Å²) in [6.45, 7) is 3.79. The Morgan fingerprint density at radius 3 is 2.74 bits per heavy atom. The van der Waals surface area contributed by atoms with Crippen LogP contribution in [0, 0.1) is 5.82 Å². The van der Waals surface area contributed by atoms with E-state index in [0.717, 1.165) is 29.0 Å². The molecule has 2 N–H and O–H groups in total. The lowest BCUT2D eigenvalue weighted by molar-refractivity contribution is 0.392. The average molecular weight is 504 g/mol. The number of aliphatic imine (C=N–C) groups is 1. The van der Waals surface area contributed by atoms with E-state index >= 15 is 0 Å². The Morgan fingerprint density at radius 1 is 1.22 bits per heavy atom. The third-order valence-corrected chi connectivity index (χ3v) is 4.31. The average Bonchev–Trinajstić information content (AvgIpc) is 2.65. The van der Waals surface area contributed by atoms with Gasteiger partial charge in [-0.05, 0) is 42.5 Å². The van der Waals surface area contributed by atoms with E-state index < -0.39 is 0 Å². The van der Waals surface area contributed by atoms with E-state index in [1.54, 1.807) is 31.1 Å². The minimum Gasteiger partial charge on any atom is -0.481 e. The number of thioether (sulfide) groups is 1. The molecule has 0 atom stereocenters. The lowest BCUT2D eigenvalue weighted by Crippen LogP contribution is -2.37.